The molecule has 2 aromatic rings. The summed E-state index contributed by atoms with van der Waals surface area (Å²) in [6.07, 6.45) is 7.44. The molecule has 2 atom stereocenters. The van der Waals surface area contributed by atoms with Crippen molar-refractivity contribution >= 4 is 24.1 Å². The SMILES string of the molecule is COc1ccc(/C=C(\NC(=O)c2ccccc2)C(=O)N/N=C\[C@@H]2CC=C(C)C[C@@H]2C)c(OC)c1. The van der Waals surface area contributed by atoms with Crippen LogP contribution in [0, 0.1) is 11.8 Å². The number of benzene rings is 2. The summed E-state index contributed by atoms with van der Waals surface area (Å²) in [5.41, 5.74) is 5.02. The van der Waals surface area contributed by atoms with E-state index in [4.69, 9.17) is 9.47 Å². The zero-order chi connectivity index (χ0) is 24.5. The molecule has 0 saturated carbocycles. The fraction of sp³-hybridized carbons (Fsp3) is 0.296. The van der Waals surface area contributed by atoms with Crippen molar-refractivity contribution in [1.29, 1.82) is 0 Å². The average molecular weight is 462 g/mol. The number of methoxy groups -OCH3 is 2. The van der Waals surface area contributed by atoms with E-state index in [1.807, 2.05) is 6.07 Å². The van der Waals surface area contributed by atoms with E-state index in [-0.39, 0.29) is 11.6 Å². The van der Waals surface area contributed by atoms with E-state index in [1.54, 1.807) is 61.9 Å². The van der Waals surface area contributed by atoms with Gasteiger partial charge >= 0.3 is 0 Å². The molecule has 0 unspecified atom stereocenters. The fourth-order valence-corrected chi connectivity index (χ4v) is 3.81. The highest BCUT2D eigenvalue weighted by Crippen LogP contribution is 2.28. The number of hydrogen-bond donors (Lipinski definition) is 2. The van der Waals surface area contributed by atoms with Gasteiger partial charge in [-0.15, -0.1) is 0 Å². The summed E-state index contributed by atoms with van der Waals surface area (Å²) in [6.45, 7) is 4.31. The monoisotopic (exact) mass is 461 g/mol. The zero-order valence-corrected chi connectivity index (χ0v) is 20.0. The number of ether oxygens (including phenoxy) is 2. The lowest BCUT2D eigenvalue weighted by Crippen LogP contribution is -2.33. The summed E-state index contributed by atoms with van der Waals surface area (Å²) in [6, 6.07) is 13.9. The third-order valence-electron chi connectivity index (χ3n) is 5.81. The second-order valence-electron chi connectivity index (χ2n) is 8.34. The van der Waals surface area contributed by atoms with E-state index in [2.05, 4.69) is 35.8 Å². The molecule has 0 heterocycles. The lowest BCUT2D eigenvalue weighted by molar-refractivity contribution is -0.117. The minimum atomic E-state index is -0.534. The van der Waals surface area contributed by atoms with E-state index >= 15 is 0 Å². The zero-order valence-electron chi connectivity index (χ0n) is 20.0. The third-order valence-corrected chi connectivity index (χ3v) is 5.81. The molecule has 0 aromatic heterocycles. The van der Waals surface area contributed by atoms with Crippen LogP contribution in [0.1, 0.15) is 42.6 Å². The van der Waals surface area contributed by atoms with Gasteiger partial charge in [0.05, 0.1) is 14.2 Å². The van der Waals surface area contributed by atoms with Crippen LogP contribution in [0.5, 0.6) is 11.5 Å². The average Bonchev–Trinajstić information content (AvgIpc) is 2.85. The normalized spacial score (nSPS) is 18.2. The Kier molecular flexibility index (Phi) is 8.62. The van der Waals surface area contributed by atoms with Gasteiger partial charge in [-0.1, -0.05) is 36.8 Å². The molecule has 0 radical (unpaired) electrons. The molecule has 178 valence electrons. The summed E-state index contributed by atoms with van der Waals surface area (Å²) < 4.78 is 10.7. The molecule has 0 fully saturated rings. The second kappa shape index (κ2) is 11.8. The maximum Gasteiger partial charge on any atom is 0.287 e. The van der Waals surface area contributed by atoms with Gasteiger partial charge in [0, 0.05) is 29.3 Å². The van der Waals surface area contributed by atoms with Crippen LogP contribution in [0.25, 0.3) is 6.08 Å². The Morgan fingerprint density at radius 3 is 2.53 bits per heavy atom. The molecule has 0 spiro atoms. The van der Waals surface area contributed by atoms with Crippen LogP contribution in [-0.4, -0.2) is 32.2 Å². The van der Waals surface area contributed by atoms with Crippen LogP contribution < -0.4 is 20.2 Å². The van der Waals surface area contributed by atoms with Gasteiger partial charge in [0.1, 0.15) is 17.2 Å². The maximum atomic E-state index is 13.0. The number of hydrogen-bond acceptors (Lipinski definition) is 5. The van der Waals surface area contributed by atoms with Gasteiger partial charge < -0.3 is 14.8 Å². The highest BCUT2D eigenvalue weighted by molar-refractivity contribution is 6.05. The number of carbonyl (C=O) groups excluding carboxylic acids is 2. The molecule has 2 amide bonds. The first-order valence-electron chi connectivity index (χ1n) is 11.2. The summed E-state index contributed by atoms with van der Waals surface area (Å²) in [5, 5.41) is 6.89. The Hall–Kier alpha value is -3.87. The molecule has 7 nitrogen and oxygen atoms in total. The van der Waals surface area contributed by atoms with E-state index in [1.165, 1.54) is 12.7 Å². The van der Waals surface area contributed by atoms with Crippen LogP contribution >= 0.6 is 0 Å². The standard InChI is InChI=1S/C27H31N3O4/c1-18-10-11-22(19(2)14-18)17-28-30-27(32)24(29-26(31)20-8-6-5-7-9-20)15-21-12-13-23(33-3)16-25(21)34-4/h5-10,12-13,15-17,19,22H,11,14H2,1-4H3,(H,29,31)(H,30,32)/b24-15-,28-17-/t19-,22-/m0/s1. The number of allylic oxidation sites excluding steroid dienone is 2. The number of nitrogens with zero attached hydrogens (tertiary/aromatic N) is 1. The lowest BCUT2D eigenvalue weighted by Gasteiger charge is -2.24. The first-order valence-corrected chi connectivity index (χ1v) is 11.2. The molecule has 2 aromatic carbocycles. The Bertz CT molecular complexity index is 1110. The van der Waals surface area contributed by atoms with Crippen molar-refractivity contribution in [3.8, 4) is 11.5 Å². The molecule has 34 heavy (non-hydrogen) atoms. The van der Waals surface area contributed by atoms with Gasteiger partial charge in [0.2, 0.25) is 0 Å². The van der Waals surface area contributed by atoms with Crippen molar-refractivity contribution in [2.24, 2.45) is 16.9 Å². The van der Waals surface area contributed by atoms with Gasteiger partial charge in [-0.2, -0.15) is 5.10 Å². The number of nitrogens with one attached hydrogen (secondary N) is 2. The van der Waals surface area contributed by atoms with E-state index in [0.29, 0.717) is 28.5 Å². The number of amides is 2. The first kappa shape index (κ1) is 24.8. The van der Waals surface area contributed by atoms with Crippen LogP contribution in [0.15, 0.2) is 71.0 Å². The smallest absolute Gasteiger partial charge is 0.287 e. The topological polar surface area (TPSA) is 89.0 Å². The molecular formula is C27H31N3O4. The van der Waals surface area contributed by atoms with Crippen molar-refractivity contribution in [1.82, 2.24) is 10.7 Å². The van der Waals surface area contributed by atoms with Gasteiger partial charge in [-0.25, -0.2) is 5.43 Å². The summed E-state index contributed by atoms with van der Waals surface area (Å²) in [5.74, 6) is 0.872. The molecule has 1 aliphatic rings. The molecule has 0 saturated heterocycles. The van der Waals surface area contributed by atoms with Crippen LogP contribution in [0.4, 0.5) is 0 Å². The number of hydrazone groups is 1. The molecule has 0 aliphatic heterocycles. The summed E-state index contributed by atoms with van der Waals surface area (Å²) >= 11 is 0. The van der Waals surface area contributed by atoms with E-state index in [0.717, 1.165) is 12.8 Å². The molecule has 0 bridgehead atoms. The quantitative estimate of drug-likeness (QED) is 0.261. The molecular weight excluding hydrogens is 430 g/mol. The highest BCUT2D eigenvalue weighted by Gasteiger charge is 2.20. The minimum Gasteiger partial charge on any atom is -0.497 e. The first-order chi connectivity index (χ1) is 16.4. The van der Waals surface area contributed by atoms with Gasteiger partial charge in [-0.3, -0.25) is 9.59 Å². The van der Waals surface area contributed by atoms with E-state index in [9.17, 15) is 9.59 Å². The number of rotatable bonds is 8. The summed E-state index contributed by atoms with van der Waals surface area (Å²) in [4.78, 5) is 25.8. The third kappa shape index (κ3) is 6.57. The van der Waals surface area contributed by atoms with Gasteiger partial charge in [0.15, 0.2) is 0 Å². The Labute approximate surface area is 200 Å². The van der Waals surface area contributed by atoms with Gasteiger partial charge in [0.25, 0.3) is 11.8 Å². The van der Waals surface area contributed by atoms with Gasteiger partial charge in [-0.05, 0) is 56.0 Å². The van der Waals surface area contributed by atoms with Crippen molar-refractivity contribution in [2.75, 3.05) is 14.2 Å². The molecule has 7 heteroatoms. The largest absolute Gasteiger partial charge is 0.497 e. The Balaban J connectivity index is 1.84. The maximum absolute atomic E-state index is 13.0. The van der Waals surface area contributed by atoms with Crippen molar-refractivity contribution in [3.63, 3.8) is 0 Å². The van der Waals surface area contributed by atoms with Crippen molar-refractivity contribution in [3.05, 3.63) is 77.0 Å². The van der Waals surface area contributed by atoms with Crippen molar-refractivity contribution in [2.45, 2.75) is 26.7 Å². The highest BCUT2D eigenvalue weighted by atomic mass is 16.5. The lowest BCUT2D eigenvalue weighted by atomic mass is 9.82. The van der Waals surface area contributed by atoms with Crippen LogP contribution in [0.3, 0.4) is 0 Å². The Morgan fingerprint density at radius 1 is 1.09 bits per heavy atom. The molecule has 2 N–H and O–H groups in total. The number of carbonyl (C=O) groups is 2. The Morgan fingerprint density at radius 2 is 1.85 bits per heavy atom. The van der Waals surface area contributed by atoms with Crippen LogP contribution in [0.2, 0.25) is 0 Å². The van der Waals surface area contributed by atoms with Crippen LogP contribution in [-0.2, 0) is 4.79 Å². The van der Waals surface area contributed by atoms with Crippen molar-refractivity contribution < 1.29 is 19.1 Å². The molecule has 3 rings (SSSR count). The fourth-order valence-electron chi connectivity index (χ4n) is 3.81. The minimum absolute atomic E-state index is 0.0434. The van der Waals surface area contributed by atoms with E-state index < -0.39 is 11.8 Å². The molecule has 1 aliphatic carbocycles. The second-order valence-corrected chi connectivity index (χ2v) is 8.34. The summed E-state index contributed by atoms with van der Waals surface area (Å²) in [7, 11) is 3.09. The predicted octanol–water partition coefficient (Wildman–Crippen LogP) is 4.57. The predicted molar refractivity (Wildman–Crippen MR) is 134 cm³/mol.